The van der Waals surface area contributed by atoms with Crippen molar-refractivity contribution in [1.82, 2.24) is 0 Å². The van der Waals surface area contributed by atoms with Crippen LogP contribution in [0.3, 0.4) is 0 Å². The number of aldehydes is 1. The predicted octanol–water partition coefficient (Wildman–Crippen LogP) is 4.25. The molecule has 0 saturated heterocycles. The molecule has 134 valence electrons. The van der Waals surface area contributed by atoms with Gasteiger partial charge in [0.1, 0.15) is 17.8 Å². The summed E-state index contributed by atoms with van der Waals surface area (Å²) in [6.07, 6.45) is 8.57. The van der Waals surface area contributed by atoms with Crippen molar-refractivity contribution in [3.63, 3.8) is 0 Å². The number of rotatable bonds is 4. The van der Waals surface area contributed by atoms with Gasteiger partial charge in [0, 0.05) is 18.3 Å². The highest BCUT2D eigenvalue weighted by Crippen LogP contribution is 2.59. The van der Waals surface area contributed by atoms with Crippen LogP contribution in [0.4, 0.5) is 0 Å². The number of methoxy groups -OCH3 is 1. The Morgan fingerprint density at radius 1 is 1.24 bits per heavy atom. The zero-order chi connectivity index (χ0) is 17.6. The summed E-state index contributed by atoms with van der Waals surface area (Å²) in [6, 6.07) is 4.52. The summed E-state index contributed by atoms with van der Waals surface area (Å²) in [6.45, 7) is 2.22. The van der Waals surface area contributed by atoms with Crippen molar-refractivity contribution < 1.29 is 14.3 Å². The lowest BCUT2D eigenvalue weighted by molar-refractivity contribution is -0.129. The molecule has 4 atom stereocenters. The fourth-order valence-corrected chi connectivity index (χ4v) is 6.02. The summed E-state index contributed by atoms with van der Waals surface area (Å²) < 4.78 is 5.58. The van der Waals surface area contributed by atoms with Gasteiger partial charge in [0.15, 0.2) is 0 Å². The lowest BCUT2D eigenvalue weighted by atomic mass is 9.55. The number of hydrogen-bond acceptors (Lipinski definition) is 3. The molecular formula is C22H28O3. The van der Waals surface area contributed by atoms with Crippen LogP contribution in [-0.4, -0.2) is 19.2 Å². The number of Topliss-reactive ketones (excluding diaryl/α,β-unsaturated/α-hetero) is 1. The van der Waals surface area contributed by atoms with Gasteiger partial charge in [-0.2, -0.15) is 0 Å². The Hall–Kier alpha value is -1.64. The van der Waals surface area contributed by atoms with Gasteiger partial charge >= 0.3 is 0 Å². The van der Waals surface area contributed by atoms with E-state index in [1.165, 1.54) is 17.5 Å². The SMILES string of the molecule is COc1cc2c(cc1CCC=O)C1CC[C@]3(C)C(=O)CCC3C1CC2. The summed E-state index contributed by atoms with van der Waals surface area (Å²) in [5.74, 6) is 3.21. The first kappa shape index (κ1) is 16.8. The molecule has 3 aliphatic carbocycles. The van der Waals surface area contributed by atoms with Crippen LogP contribution in [0.1, 0.15) is 68.1 Å². The van der Waals surface area contributed by atoms with E-state index in [0.717, 1.165) is 56.1 Å². The normalized spacial score (nSPS) is 33.4. The van der Waals surface area contributed by atoms with Gasteiger partial charge in [-0.05, 0) is 79.0 Å². The maximum Gasteiger partial charge on any atom is 0.139 e. The lowest BCUT2D eigenvalue weighted by Gasteiger charge is -2.48. The Labute approximate surface area is 150 Å². The second-order valence-corrected chi connectivity index (χ2v) is 8.40. The zero-order valence-corrected chi connectivity index (χ0v) is 15.3. The van der Waals surface area contributed by atoms with E-state index < -0.39 is 0 Å². The molecule has 2 fully saturated rings. The van der Waals surface area contributed by atoms with Crippen LogP contribution in [0.15, 0.2) is 12.1 Å². The summed E-state index contributed by atoms with van der Waals surface area (Å²) in [7, 11) is 1.72. The molecular weight excluding hydrogens is 312 g/mol. The number of carbonyl (C=O) groups is 2. The van der Waals surface area contributed by atoms with E-state index in [1.807, 2.05) is 0 Å². The molecule has 4 rings (SSSR count). The number of ketones is 1. The number of ether oxygens (including phenoxy) is 1. The van der Waals surface area contributed by atoms with Crippen LogP contribution in [0.2, 0.25) is 0 Å². The molecule has 1 aromatic carbocycles. The van der Waals surface area contributed by atoms with E-state index in [0.29, 0.717) is 30.0 Å². The van der Waals surface area contributed by atoms with Gasteiger partial charge in [-0.1, -0.05) is 13.0 Å². The number of aryl methyl sites for hydroxylation is 2. The Morgan fingerprint density at radius 3 is 2.84 bits per heavy atom. The fraction of sp³-hybridized carbons (Fsp3) is 0.636. The highest BCUT2D eigenvalue weighted by atomic mass is 16.5. The van der Waals surface area contributed by atoms with Gasteiger partial charge in [-0.25, -0.2) is 0 Å². The van der Waals surface area contributed by atoms with Crippen LogP contribution < -0.4 is 4.74 Å². The van der Waals surface area contributed by atoms with Gasteiger partial charge in [0.2, 0.25) is 0 Å². The van der Waals surface area contributed by atoms with Gasteiger partial charge in [0.05, 0.1) is 7.11 Å². The number of fused-ring (bicyclic) bond motifs is 5. The highest BCUT2D eigenvalue weighted by Gasteiger charge is 2.54. The quantitative estimate of drug-likeness (QED) is 0.770. The standard InChI is InChI=1S/C22H28O3/c1-22-10-9-16-17(19(22)7-8-21(22)24)6-5-14-13-20(25-2)15(4-3-11-23)12-18(14)16/h11-13,16-17,19H,3-10H2,1-2H3/t16?,17?,19?,22-/m0/s1. The van der Waals surface area contributed by atoms with E-state index in [9.17, 15) is 9.59 Å². The molecule has 0 bridgehead atoms. The van der Waals surface area contributed by atoms with Crippen LogP contribution in [0.25, 0.3) is 0 Å². The zero-order valence-electron chi connectivity index (χ0n) is 15.3. The fourth-order valence-electron chi connectivity index (χ4n) is 6.02. The first-order valence-corrected chi connectivity index (χ1v) is 9.75. The maximum atomic E-state index is 12.5. The Bertz CT molecular complexity index is 707. The minimum Gasteiger partial charge on any atom is -0.496 e. The van der Waals surface area contributed by atoms with Crippen LogP contribution in [0, 0.1) is 17.3 Å². The first-order valence-electron chi connectivity index (χ1n) is 9.75. The van der Waals surface area contributed by atoms with Gasteiger partial charge < -0.3 is 9.53 Å². The van der Waals surface area contributed by atoms with Crippen molar-refractivity contribution in [2.24, 2.45) is 17.3 Å². The van der Waals surface area contributed by atoms with Gasteiger partial charge in [-0.3, -0.25) is 4.79 Å². The molecule has 0 aromatic heterocycles. The third-order valence-electron chi connectivity index (χ3n) is 7.37. The molecule has 0 heterocycles. The van der Waals surface area contributed by atoms with Crippen molar-refractivity contribution in [2.45, 2.75) is 64.2 Å². The monoisotopic (exact) mass is 340 g/mol. The lowest BCUT2D eigenvalue weighted by Crippen LogP contribution is -2.42. The molecule has 0 aliphatic heterocycles. The Kier molecular flexibility index (Phi) is 4.21. The van der Waals surface area contributed by atoms with E-state index >= 15 is 0 Å². The van der Waals surface area contributed by atoms with Crippen molar-refractivity contribution in [3.05, 3.63) is 28.8 Å². The first-order chi connectivity index (χ1) is 12.1. The van der Waals surface area contributed by atoms with Crippen LogP contribution >= 0.6 is 0 Å². The van der Waals surface area contributed by atoms with Crippen molar-refractivity contribution in [2.75, 3.05) is 7.11 Å². The molecule has 0 N–H and O–H groups in total. The average molecular weight is 340 g/mol. The number of carbonyl (C=O) groups excluding carboxylic acids is 2. The second-order valence-electron chi connectivity index (χ2n) is 8.40. The second kappa shape index (κ2) is 6.26. The number of benzene rings is 1. The average Bonchev–Trinajstić information content (AvgIpc) is 2.94. The topological polar surface area (TPSA) is 43.4 Å². The summed E-state index contributed by atoms with van der Waals surface area (Å²) in [5.41, 5.74) is 3.98. The van der Waals surface area contributed by atoms with E-state index in [-0.39, 0.29) is 5.41 Å². The van der Waals surface area contributed by atoms with E-state index in [4.69, 9.17) is 4.74 Å². The molecule has 0 radical (unpaired) electrons. The minimum absolute atomic E-state index is 0.0640. The van der Waals surface area contributed by atoms with Crippen molar-refractivity contribution in [3.8, 4) is 5.75 Å². The molecule has 3 heteroatoms. The predicted molar refractivity (Wildman–Crippen MR) is 97.0 cm³/mol. The molecule has 3 nitrogen and oxygen atoms in total. The molecule has 3 unspecified atom stereocenters. The molecule has 0 amide bonds. The van der Waals surface area contributed by atoms with E-state index in [1.54, 1.807) is 7.11 Å². The maximum absolute atomic E-state index is 12.5. The largest absolute Gasteiger partial charge is 0.496 e. The summed E-state index contributed by atoms with van der Waals surface area (Å²) in [4.78, 5) is 23.3. The molecule has 0 spiro atoms. The molecule has 25 heavy (non-hydrogen) atoms. The molecule has 3 aliphatic rings. The highest BCUT2D eigenvalue weighted by molar-refractivity contribution is 5.87. The van der Waals surface area contributed by atoms with Crippen molar-refractivity contribution >= 4 is 12.1 Å². The third-order valence-corrected chi connectivity index (χ3v) is 7.37. The van der Waals surface area contributed by atoms with Crippen molar-refractivity contribution in [1.29, 1.82) is 0 Å². The minimum atomic E-state index is -0.0640. The third kappa shape index (κ3) is 2.54. The summed E-state index contributed by atoms with van der Waals surface area (Å²) >= 11 is 0. The number of hydrogen-bond donors (Lipinski definition) is 0. The Morgan fingerprint density at radius 2 is 2.08 bits per heavy atom. The van der Waals surface area contributed by atoms with Crippen LogP contribution in [0.5, 0.6) is 5.75 Å². The van der Waals surface area contributed by atoms with Gasteiger partial charge in [-0.15, -0.1) is 0 Å². The molecule has 2 saturated carbocycles. The van der Waals surface area contributed by atoms with Crippen LogP contribution in [-0.2, 0) is 22.4 Å². The smallest absolute Gasteiger partial charge is 0.139 e. The molecule has 1 aromatic rings. The van der Waals surface area contributed by atoms with Gasteiger partial charge in [0.25, 0.3) is 0 Å². The van der Waals surface area contributed by atoms with E-state index in [2.05, 4.69) is 19.1 Å². The Balaban J connectivity index is 1.70. The summed E-state index contributed by atoms with van der Waals surface area (Å²) in [5, 5.41) is 0.